The van der Waals surface area contributed by atoms with Gasteiger partial charge in [-0.3, -0.25) is 14.5 Å². The van der Waals surface area contributed by atoms with Crippen LogP contribution in [0.4, 0.5) is 5.82 Å². The Morgan fingerprint density at radius 3 is 2.57 bits per heavy atom. The maximum Gasteiger partial charge on any atom is 0.256 e. The van der Waals surface area contributed by atoms with Crippen LogP contribution in [0.25, 0.3) is 0 Å². The van der Waals surface area contributed by atoms with Gasteiger partial charge in [0.05, 0.1) is 48.4 Å². The quantitative estimate of drug-likeness (QED) is 0.548. The summed E-state index contributed by atoms with van der Waals surface area (Å²) in [5.41, 5.74) is -0.0900. The molecule has 11 heteroatoms. The van der Waals surface area contributed by atoms with Crippen molar-refractivity contribution in [2.24, 2.45) is 5.41 Å². The van der Waals surface area contributed by atoms with Gasteiger partial charge in [-0.05, 0) is 51.9 Å². The lowest BCUT2D eigenvalue weighted by Gasteiger charge is -2.33. The molecule has 2 N–H and O–H groups in total. The average Bonchev–Trinajstić information content (AvgIpc) is 3.49. The van der Waals surface area contributed by atoms with Crippen molar-refractivity contribution in [2.45, 2.75) is 39.2 Å². The first-order valence-electron chi connectivity index (χ1n) is 12.1. The topological polar surface area (TPSA) is 99.9 Å². The highest BCUT2D eigenvalue weighted by Crippen LogP contribution is 2.31. The van der Waals surface area contributed by atoms with Gasteiger partial charge in [-0.15, -0.1) is 11.3 Å². The van der Waals surface area contributed by atoms with E-state index in [1.165, 1.54) is 16.0 Å². The molecule has 2 aromatic rings. The Kier molecular flexibility index (Phi) is 8.49. The van der Waals surface area contributed by atoms with Crippen LogP contribution in [0.15, 0.2) is 18.2 Å². The molecule has 2 aliphatic heterocycles. The molecule has 0 spiro atoms. The number of thiophene rings is 1. The van der Waals surface area contributed by atoms with Crippen LogP contribution in [0.1, 0.15) is 48.0 Å². The van der Waals surface area contributed by atoms with Crippen LogP contribution >= 0.6 is 22.9 Å². The summed E-state index contributed by atoms with van der Waals surface area (Å²) in [5.74, 6) is 0.716. The zero-order chi connectivity index (χ0) is 25.0. The first-order valence-corrected chi connectivity index (χ1v) is 13.3. The predicted molar refractivity (Wildman–Crippen MR) is 136 cm³/mol. The average molecular weight is 524 g/mol. The van der Waals surface area contributed by atoms with Gasteiger partial charge in [-0.25, -0.2) is 0 Å². The Morgan fingerprint density at radius 1 is 1.23 bits per heavy atom. The molecule has 1 amide bonds. The Labute approximate surface area is 215 Å². The molecule has 2 aliphatic rings. The summed E-state index contributed by atoms with van der Waals surface area (Å²) < 4.78 is 7.45. The first kappa shape index (κ1) is 26.1. The van der Waals surface area contributed by atoms with Crippen molar-refractivity contribution in [2.75, 3.05) is 57.9 Å². The lowest BCUT2D eigenvalue weighted by atomic mass is 9.93. The summed E-state index contributed by atoms with van der Waals surface area (Å²) in [7, 11) is 0. The summed E-state index contributed by atoms with van der Waals surface area (Å²) in [5, 5.41) is 17.8. The molecule has 35 heavy (non-hydrogen) atoms. The van der Waals surface area contributed by atoms with Gasteiger partial charge >= 0.3 is 0 Å². The van der Waals surface area contributed by atoms with E-state index in [2.05, 4.69) is 15.3 Å². The number of hydrogen-bond donors (Lipinski definition) is 2. The summed E-state index contributed by atoms with van der Waals surface area (Å²) in [6.45, 7) is 8.27. The Morgan fingerprint density at radius 2 is 1.94 bits per heavy atom. The molecule has 4 rings (SSSR count). The number of carbonyl (C=O) groups excluding carboxylic acids is 2. The third-order valence-electron chi connectivity index (χ3n) is 6.70. The van der Waals surface area contributed by atoms with Crippen LogP contribution < -0.4 is 5.32 Å². The second-order valence-electron chi connectivity index (χ2n) is 9.82. The van der Waals surface area contributed by atoms with Crippen LogP contribution in [0, 0.1) is 5.41 Å². The molecule has 192 valence electrons. The highest BCUT2D eigenvalue weighted by atomic mass is 35.5. The molecule has 2 saturated heterocycles. The third kappa shape index (κ3) is 6.42. The van der Waals surface area contributed by atoms with Crippen LogP contribution in [-0.4, -0.2) is 89.0 Å². The number of ether oxygens (including phenoxy) is 1. The molecule has 0 bridgehead atoms. The lowest BCUT2D eigenvalue weighted by molar-refractivity contribution is -0.136. The van der Waals surface area contributed by atoms with Crippen molar-refractivity contribution >= 4 is 40.6 Å². The SMILES string of the molecule is CC(C)(CO)C(=O)n1nc(C2CCN(CC(=O)N3CCOCC3)CC2)cc1NCc1ccc(Cl)s1. The molecule has 0 radical (unpaired) electrons. The number of hydrogen-bond acceptors (Lipinski definition) is 8. The van der Waals surface area contributed by atoms with Gasteiger partial charge in [0.1, 0.15) is 5.82 Å². The number of aliphatic hydroxyl groups excluding tert-OH is 1. The lowest BCUT2D eigenvalue weighted by Crippen LogP contribution is -2.47. The molecule has 0 unspecified atom stereocenters. The van der Waals surface area contributed by atoms with Crippen molar-refractivity contribution in [1.82, 2.24) is 19.6 Å². The van der Waals surface area contributed by atoms with Gasteiger partial charge in [-0.2, -0.15) is 9.78 Å². The van der Waals surface area contributed by atoms with Crippen molar-refractivity contribution in [3.8, 4) is 0 Å². The van der Waals surface area contributed by atoms with E-state index in [0.29, 0.717) is 49.5 Å². The Balaban J connectivity index is 1.42. The van der Waals surface area contributed by atoms with Crippen molar-refractivity contribution in [1.29, 1.82) is 0 Å². The number of halogens is 1. The zero-order valence-corrected chi connectivity index (χ0v) is 21.9. The van der Waals surface area contributed by atoms with E-state index in [9.17, 15) is 14.7 Å². The van der Waals surface area contributed by atoms with E-state index >= 15 is 0 Å². The van der Waals surface area contributed by atoms with Crippen molar-refractivity contribution < 1.29 is 19.4 Å². The number of nitrogens with zero attached hydrogens (tertiary/aromatic N) is 4. The third-order valence-corrected chi connectivity index (χ3v) is 7.93. The number of morpholine rings is 1. The maximum absolute atomic E-state index is 13.2. The van der Waals surface area contributed by atoms with Gasteiger partial charge in [-0.1, -0.05) is 11.6 Å². The minimum Gasteiger partial charge on any atom is -0.395 e. The molecular weight excluding hydrogens is 490 g/mol. The normalized spacial score (nSPS) is 18.1. The fraction of sp³-hybridized carbons (Fsp3) is 0.625. The molecule has 2 aromatic heterocycles. The Bertz CT molecular complexity index is 1030. The number of anilines is 1. The van der Waals surface area contributed by atoms with E-state index in [-0.39, 0.29) is 24.3 Å². The monoisotopic (exact) mass is 523 g/mol. The number of aromatic nitrogens is 2. The molecule has 0 saturated carbocycles. The van der Waals surface area contributed by atoms with Crippen molar-refractivity contribution in [3.63, 3.8) is 0 Å². The highest BCUT2D eigenvalue weighted by Gasteiger charge is 2.33. The minimum atomic E-state index is -0.949. The molecular formula is C24H34ClN5O4S. The number of aliphatic hydroxyl groups is 1. The van der Waals surface area contributed by atoms with Gasteiger partial charge < -0.3 is 20.1 Å². The number of piperidine rings is 1. The standard InChI is InChI=1S/C24H34ClN5O4S/c1-24(2,16-31)23(33)30-21(26-14-18-3-4-20(25)35-18)13-19(27-30)17-5-7-28(8-6-17)15-22(32)29-9-11-34-12-10-29/h3-4,13,17,26,31H,5-12,14-16H2,1-2H3. The number of carbonyl (C=O) groups is 2. The molecule has 9 nitrogen and oxygen atoms in total. The van der Waals surface area contributed by atoms with Gasteiger partial charge in [0.2, 0.25) is 5.91 Å². The van der Waals surface area contributed by atoms with Gasteiger partial charge in [0, 0.05) is 30.0 Å². The van der Waals surface area contributed by atoms with E-state index in [4.69, 9.17) is 16.3 Å². The number of likely N-dealkylation sites (tertiary alicyclic amines) is 1. The van der Waals surface area contributed by atoms with E-state index < -0.39 is 5.41 Å². The largest absolute Gasteiger partial charge is 0.395 e. The van der Waals surface area contributed by atoms with Crippen LogP contribution in [0.3, 0.4) is 0 Å². The summed E-state index contributed by atoms with van der Waals surface area (Å²) >= 11 is 7.54. The molecule has 0 aliphatic carbocycles. The van der Waals surface area contributed by atoms with E-state index in [0.717, 1.165) is 36.5 Å². The van der Waals surface area contributed by atoms with Crippen LogP contribution in [0.2, 0.25) is 4.34 Å². The zero-order valence-electron chi connectivity index (χ0n) is 20.3. The maximum atomic E-state index is 13.2. The summed E-state index contributed by atoms with van der Waals surface area (Å²) in [6.07, 6.45) is 1.73. The second-order valence-corrected chi connectivity index (χ2v) is 11.6. The highest BCUT2D eigenvalue weighted by molar-refractivity contribution is 7.16. The number of rotatable bonds is 8. The van der Waals surface area contributed by atoms with Gasteiger partial charge in [0.25, 0.3) is 5.91 Å². The smallest absolute Gasteiger partial charge is 0.256 e. The first-order chi connectivity index (χ1) is 16.8. The van der Waals surface area contributed by atoms with E-state index in [1.54, 1.807) is 13.8 Å². The van der Waals surface area contributed by atoms with Crippen molar-refractivity contribution in [3.05, 3.63) is 33.1 Å². The predicted octanol–water partition coefficient (Wildman–Crippen LogP) is 2.91. The number of amides is 1. The summed E-state index contributed by atoms with van der Waals surface area (Å²) in [4.78, 5) is 30.9. The molecule has 0 aromatic carbocycles. The minimum absolute atomic E-state index is 0.160. The molecule has 4 heterocycles. The van der Waals surface area contributed by atoms with E-state index in [1.807, 2.05) is 23.1 Å². The summed E-state index contributed by atoms with van der Waals surface area (Å²) in [6, 6.07) is 5.75. The Hall–Kier alpha value is -1.98. The molecule has 0 atom stereocenters. The van der Waals surface area contributed by atoms with Crippen LogP contribution in [-0.2, 0) is 16.1 Å². The van der Waals surface area contributed by atoms with Crippen LogP contribution in [0.5, 0.6) is 0 Å². The fourth-order valence-electron chi connectivity index (χ4n) is 4.35. The van der Waals surface area contributed by atoms with Gasteiger partial charge in [0.15, 0.2) is 0 Å². The molecule has 2 fully saturated rings. The fourth-order valence-corrected chi connectivity index (χ4v) is 5.38. The second kappa shape index (κ2) is 11.4. The number of nitrogens with one attached hydrogen (secondary N) is 1.